The van der Waals surface area contributed by atoms with Gasteiger partial charge in [0.1, 0.15) is 5.75 Å². The van der Waals surface area contributed by atoms with Gasteiger partial charge in [0.2, 0.25) is 0 Å². The minimum Gasteiger partial charge on any atom is -0.493 e. The van der Waals surface area contributed by atoms with E-state index in [1.807, 2.05) is 18.2 Å². The zero-order chi connectivity index (χ0) is 17.8. The van der Waals surface area contributed by atoms with Crippen LogP contribution >= 0.6 is 0 Å². The van der Waals surface area contributed by atoms with E-state index in [2.05, 4.69) is 42.7 Å². The molecule has 0 saturated carbocycles. The van der Waals surface area contributed by atoms with Crippen molar-refractivity contribution in [3.8, 4) is 5.75 Å². The molecular weight excluding hydrogens is 312 g/mol. The number of benzene rings is 2. The number of rotatable bonds is 4. The minimum absolute atomic E-state index is 0.0543. The van der Waals surface area contributed by atoms with Crippen LogP contribution in [0.4, 0.5) is 0 Å². The maximum Gasteiger partial charge on any atom is 0.251 e. The molecule has 4 nitrogen and oxygen atoms in total. The topological polar surface area (TPSA) is 50.4 Å². The summed E-state index contributed by atoms with van der Waals surface area (Å²) in [5.74, 6) is 0.973. The third-order valence-corrected chi connectivity index (χ3v) is 4.68. The van der Waals surface area contributed by atoms with Crippen molar-refractivity contribution in [2.24, 2.45) is 0 Å². The van der Waals surface area contributed by atoms with Gasteiger partial charge in [0.05, 0.1) is 6.61 Å². The first kappa shape index (κ1) is 17.5. The second-order valence-electron chi connectivity index (χ2n) is 6.70. The Morgan fingerprint density at radius 1 is 1.24 bits per heavy atom. The van der Waals surface area contributed by atoms with E-state index >= 15 is 0 Å². The number of aryl methyl sites for hydroxylation is 2. The lowest BCUT2D eigenvalue weighted by atomic mass is 9.97. The van der Waals surface area contributed by atoms with Crippen molar-refractivity contribution < 1.29 is 9.53 Å². The Morgan fingerprint density at radius 3 is 2.88 bits per heavy atom. The van der Waals surface area contributed by atoms with Crippen molar-refractivity contribution >= 4 is 5.91 Å². The molecule has 0 radical (unpaired) electrons. The summed E-state index contributed by atoms with van der Waals surface area (Å²) in [5.41, 5.74) is 5.51. The van der Waals surface area contributed by atoms with Crippen LogP contribution in [0.1, 0.15) is 51.5 Å². The van der Waals surface area contributed by atoms with E-state index in [9.17, 15) is 4.79 Å². The summed E-state index contributed by atoms with van der Waals surface area (Å²) < 4.78 is 5.99. The highest BCUT2D eigenvalue weighted by molar-refractivity contribution is 5.94. The Morgan fingerprint density at radius 2 is 2.08 bits per heavy atom. The lowest BCUT2D eigenvalue weighted by Crippen LogP contribution is -2.22. The average molecular weight is 338 g/mol. The van der Waals surface area contributed by atoms with Gasteiger partial charge in [0, 0.05) is 30.8 Å². The third kappa shape index (κ3) is 4.02. The summed E-state index contributed by atoms with van der Waals surface area (Å²) in [7, 11) is 1.65. The SMILES string of the molecule is CNC(=O)c1cccc(CN[C@@H]2CCCOc3c(C)cc(C)cc32)c1. The van der Waals surface area contributed by atoms with Gasteiger partial charge in [-0.15, -0.1) is 0 Å². The molecule has 132 valence electrons. The highest BCUT2D eigenvalue weighted by Gasteiger charge is 2.21. The molecule has 0 saturated heterocycles. The molecule has 1 heterocycles. The van der Waals surface area contributed by atoms with Gasteiger partial charge in [-0.2, -0.15) is 0 Å². The number of fused-ring (bicyclic) bond motifs is 1. The van der Waals surface area contributed by atoms with E-state index < -0.39 is 0 Å². The van der Waals surface area contributed by atoms with E-state index in [0.717, 1.165) is 37.3 Å². The quantitative estimate of drug-likeness (QED) is 0.894. The van der Waals surface area contributed by atoms with Gasteiger partial charge in [-0.3, -0.25) is 4.79 Å². The molecule has 1 amide bonds. The van der Waals surface area contributed by atoms with Crippen LogP contribution in [0.3, 0.4) is 0 Å². The van der Waals surface area contributed by atoms with Crippen LogP contribution in [0.25, 0.3) is 0 Å². The number of hydrogen-bond acceptors (Lipinski definition) is 3. The molecule has 25 heavy (non-hydrogen) atoms. The predicted molar refractivity (Wildman–Crippen MR) is 100 cm³/mol. The molecule has 1 atom stereocenters. The molecule has 2 N–H and O–H groups in total. The minimum atomic E-state index is -0.0543. The van der Waals surface area contributed by atoms with Crippen molar-refractivity contribution in [1.82, 2.24) is 10.6 Å². The number of ether oxygens (including phenoxy) is 1. The Bertz CT molecular complexity index is 770. The van der Waals surface area contributed by atoms with Crippen molar-refractivity contribution in [2.45, 2.75) is 39.3 Å². The number of hydrogen-bond donors (Lipinski definition) is 2. The van der Waals surface area contributed by atoms with Crippen LogP contribution in [0.5, 0.6) is 5.75 Å². The maximum atomic E-state index is 11.8. The molecule has 1 aliphatic rings. The molecule has 0 fully saturated rings. The second kappa shape index (κ2) is 7.70. The van der Waals surface area contributed by atoms with Gasteiger partial charge in [0.15, 0.2) is 0 Å². The lowest BCUT2D eigenvalue weighted by molar-refractivity contribution is 0.0963. The summed E-state index contributed by atoms with van der Waals surface area (Å²) in [6.45, 7) is 5.73. The molecule has 4 heteroatoms. The van der Waals surface area contributed by atoms with Crippen LogP contribution < -0.4 is 15.4 Å². The number of carbonyl (C=O) groups excluding carboxylic acids is 1. The molecule has 1 aliphatic heterocycles. The first-order valence-electron chi connectivity index (χ1n) is 8.87. The zero-order valence-electron chi connectivity index (χ0n) is 15.2. The van der Waals surface area contributed by atoms with Crippen LogP contribution in [0, 0.1) is 13.8 Å². The van der Waals surface area contributed by atoms with Crippen molar-refractivity contribution in [3.63, 3.8) is 0 Å². The van der Waals surface area contributed by atoms with Gasteiger partial charge >= 0.3 is 0 Å². The Labute approximate surface area is 149 Å². The summed E-state index contributed by atoms with van der Waals surface area (Å²) >= 11 is 0. The van der Waals surface area contributed by atoms with Gasteiger partial charge in [-0.25, -0.2) is 0 Å². The van der Waals surface area contributed by atoms with Gasteiger partial charge in [0.25, 0.3) is 5.91 Å². The Balaban J connectivity index is 1.79. The van der Waals surface area contributed by atoms with Gasteiger partial charge in [-0.1, -0.05) is 29.8 Å². The summed E-state index contributed by atoms with van der Waals surface area (Å²) in [6.07, 6.45) is 2.08. The largest absolute Gasteiger partial charge is 0.493 e. The van der Waals surface area contributed by atoms with E-state index in [1.54, 1.807) is 7.05 Å². The van der Waals surface area contributed by atoms with E-state index in [4.69, 9.17) is 4.74 Å². The third-order valence-electron chi connectivity index (χ3n) is 4.68. The number of carbonyl (C=O) groups is 1. The van der Waals surface area contributed by atoms with Crippen molar-refractivity contribution in [1.29, 1.82) is 0 Å². The molecule has 0 aromatic heterocycles. The Kier molecular flexibility index (Phi) is 5.39. The smallest absolute Gasteiger partial charge is 0.251 e. The van der Waals surface area contributed by atoms with Crippen LogP contribution in [-0.2, 0) is 6.54 Å². The highest BCUT2D eigenvalue weighted by Crippen LogP contribution is 2.35. The molecule has 0 spiro atoms. The molecule has 0 bridgehead atoms. The van der Waals surface area contributed by atoms with Crippen LogP contribution in [0.2, 0.25) is 0 Å². The lowest BCUT2D eigenvalue weighted by Gasteiger charge is -2.20. The average Bonchev–Trinajstić information content (AvgIpc) is 2.82. The summed E-state index contributed by atoms with van der Waals surface area (Å²) in [6, 6.07) is 12.4. The fourth-order valence-electron chi connectivity index (χ4n) is 3.48. The Hall–Kier alpha value is -2.33. The monoisotopic (exact) mass is 338 g/mol. The molecule has 0 unspecified atom stereocenters. The normalized spacial score (nSPS) is 16.5. The summed E-state index contributed by atoms with van der Waals surface area (Å²) in [4.78, 5) is 11.8. The van der Waals surface area contributed by atoms with E-state index in [0.29, 0.717) is 5.56 Å². The molecule has 2 aromatic carbocycles. The van der Waals surface area contributed by atoms with E-state index in [1.165, 1.54) is 16.7 Å². The molecule has 2 aromatic rings. The standard InChI is InChI=1S/C21H26N2O2/c1-14-10-15(2)20-18(11-14)19(8-5-9-25-20)23-13-16-6-4-7-17(12-16)21(24)22-3/h4,6-7,10-12,19,23H,5,8-9,13H2,1-3H3,(H,22,24)/t19-/m1/s1. The molecular formula is C21H26N2O2. The zero-order valence-corrected chi connectivity index (χ0v) is 15.2. The van der Waals surface area contributed by atoms with Gasteiger partial charge < -0.3 is 15.4 Å². The van der Waals surface area contributed by atoms with Gasteiger partial charge in [-0.05, 0) is 49.9 Å². The fourth-order valence-corrected chi connectivity index (χ4v) is 3.48. The summed E-state index contributed by atoms with van der Waals surface area (Å²) in [5, 5.41) is 6.33. The maximum absolute atomic E-state index is 11.8. The number of amides is 1. The van der Waals surface area contributed by atoms with Crippen LogP contribution in [-0.4, -0.2) is 19.6 Å². The molecule has 3 rings (SSSR count). The first-order valence-corrected chi connectivity index (χ1v) is 8.87. The predicted octanol–water partition coefficient (Wildman–Crippen LogP) is 3.67. The highest BCUT2D eigenvalue weighted by atomic mass is 16.5. The van der Waals surface area contributed by atoms with Crippen molar-refractivity contribution in [3.05, 3.63) is 64.2 Å². The molecule has 0 aliphatic carbocycles. The fraction of sp³-hybridized carbons (Fsp3) is 0.381. The second-order valence-corrected chi connectivity index (χ2v) is 6.70. The van der Waals surface area contributed by atoms with Crippen LogP contribution in [0.15, 0.2) is 36.4 Å². The van der Waals surface area contributed by atoms with E-state index in [-0.39, 0.29) is 11.9 Å². The first-order chi connectivity index (χ1) is 12.1. The number of nitrogens with one attached hydrogen (secondary N) is 2. The van der Waals surface area contributed by atoms with Crippen molar-refractivity contribution in [2.75, 3.05) is 13.7 Å².